The molecule has 0 amide bonds. The minimum atomic E-state index is -0.761. The van der Waals surface area contributed by atoms with Crippen LogP contribution in [0, 0.1) is 22.7 Å². The number of benzene rings is 2. The summed E-state index contributed by atoms with van der Waals surface area (Å²) in [6, 6.07) is 19.5. The van der Waals surface area contributed by atoms with Gasteiger partial charge in [-0.25, -0.2) is 0 Å². The molecule has 1 atom stereocenters. The van der Waals surface area contributed by atoms with Crippen molar-refractivity contribution in [1.82, 2.24) is 4.98 Å². The molecular formula is C22H19N3O. The number of nitrogens with one attached hydrogen (secondary N) is 1. The van der Waals surface area contributed by atoms with Gasteiger partial charge in [-0.2, -0.15) is 10.5 Å². The Morgan fingerprint density at radius 2 is 1.92 bits per heavy atom. The third-order valence-corrected chi connectivity index (χ3v) is 4.80. The molecule has 3 rings (SSSR count). The SMILES string of the molecule is CCc1cc2ccc([C@](C)(C#N)Cc3cccc(C#N)c3)cc2[nH]c1=O. The Morgan fingerprint density at radius 1 is 1.12 bits per heavy atom. The van der Waals surface area contributed by atoms with Gasteiger partial charge in [0.05, 0.1) is 23.1 Å². The van der Waals surface area contributed by atoms with E-state index in [0.717, 1.165) is 27.6 Å². The van der Waals surface area contributed by atoms with Crippen LogP contribution in [0.25, 0.3) is 10.9 Å². The Labute approximate surface area is 152 Å². The normalized spacial score (nSPS) is 12.9. The van der Waals surface area contributed by atoms with Crippen LogP contribution < -0.4 is 5.56 Å². The van der Waals surface area contributed by atoms with E-state index in [2.05, 4.69) is 17.1 Å². The van der Waals surface area contributed by atoms with Crippen molar-refractivity contribution in [1.29, 1.82) is 10.5 Å². The zero-order chi connectivity index (χ0) is 18.7. The molecule has 0 unspecified atom stereocenters. The fourth-order valence-electron chi connectivity index (χ4n) is 3.22. The van der Waals surface area contributed by atoms with E-state index >= 15 is 0 Å². The fourth-order valence-corrected chi connectivity index (χ4v) is 3.22. The van der Waals surface area contributed by atoms with E-state index in [0.29, 0.717) is 18.4 Å². The Hall–Kier alpha value is -3.37. The summed E-state index contributed by atoms with van der Waals surface area (Å²) < 4.78 is 0. The lowest BCUT2D eigenvalue weighted by Gasteiger charge is -2.23. The van der Waals surface area contributed by atoms with Crippen LogP contribution in [0.15, 0.2) is 53.3 Å². The Kier molecular flexibility index (Phi) is 4.61. The second-order valence-electron chi connectivity index (χ2n) is 6.71. The van der Waals surface area contributed by atoms with Crippen molar-refractivity contribution in [3.63, 3.8) is 0 Å². The summed E-state index contributed by atoms with van der Waals surface area (Å²) in [6.07, 6.45) is 1.17. The molecule has 1 aromatic heterocycles. The molecule has 0 spiro atoms. The molecule has 128 valence electrons. The second-order valence-corrected chi connectivity index (χ2v) is 6.71. The highest BCUT2D eigenvalue weighted by molar-refractivity contribution is 5.80. The molecule has 26 heavy (non-hydrogen) atoms. The van der Waals surface area contributed by atoms with Crippen LogP contribution >= 0.6 is 0 Å². The van der Waals surface area contributed by atoms with Crippen LogP contribution in [-0.2, 0) is 18.3 Å². The maximum atomic E-state index is 12.1. The van der Waals surface area contributed by atoms with Gasteiger partial charge in [-0.3, -0.25) is 4.79 Å². The highest BCUT2D eigenvalue weighted by Gasteiger charge is 2.27. The molecule has 0 aliphatic carbocycles. The van der Waals surface area contributed by atoms with Crippen molar-refractivity contribution < 1.29 is 0 Å². The van der Waals surface area contributed by atoms with Crippen LogP contribution in [0.5, 0.6) is 0 Å². The van der Waals surface area contributed by atoms with Gasteiger partial charge in [0.1, 0.15) is 0 Å². The van der Waals surface area contributed by atoms with Crippen LogP contribution in [-0.4, -0.2) is 4.98 Å². The quantitative estimate of drug-likeness (QED) is 0.779. The number of pyridine rings is 1. The first-order chi connectivity index (χ1) is 12.5. The molecule has 2 aromatic carbocycles. The first-order valence-electron chi connectivity index (χ1n) is 8.56. The molecule has 0 fully saturated rings. The Morgan fingerprint density at radius 3 is 2.62 bits per heavy atom. The largest absolute Gasteiger partial charge is 0.322 e. The monoisotopic (exact) mass is 341 g/mol. The van der Waals surface area contributed by atoms with E-state index in [9.17, 15) is 10.1 Å². The fraction of sp³-hybridized carbons (Fsp3) is 0.227. The number of nitrogens with zero attached hydrogens (tertiary/aromatic N) is 2. The first-order valence-corrected chi connectivity index (χ1v) is 8.56. The van der Waals surface area contributed by atoms with Gasteiger partial charge in [-0.1, -0.05) is 31.2 Å². The molecule has 1 N–H and O–H groups in total. The summed E-state index contributed by atoms with van der Waals surface area (Å²) in [5.74, 6) is 0. The molecule has 0 bridgehead atoms. The summed E-state index contributed by atoms with van der Waals surface area (Å²) in [5, 5.41) is 19.9. The molecule has 0 saturated heterocycles. The van der Waals surface area contributed by atoms with Gasteiger partial charge in [0.15, 0.2) is 0 Å². The summed E-state index contributed by atoms with van der Waals surface area (Å²) in [5.41, 5.74) is 2.99. The smallest absolute Gasteiger partial charge is 0.251 e. The number of aromatic nitrogens is 1. The van der Waals surface area contributed by atoms with Gasteiger partial charge < -0.3 is 4.98 Å². The van der Waals surface area contributed by atoms with Crippen molar-refractivity contribution in [2.75, 3.05) is 0 Å². The Balaban J connectivity index is 2.05. The van der Waals surface area contributed by atoms with Gasteiger partial charge in [-0.15, -0.1) is 0 Å². The van der Waals surface area contributed by atoms with E-state index in [1.807, 2.05) is 56.3 Å². The maximum Gasteiger partial charge on any atom is 0.251 e. The van der Waals surface area contributed by atoms with Crippen LogP contribution in [0.1, 0.15) is 36.1 Å². The second kappa shape index (κ2) is 6.86. The Bertz CT molecular complexity index is 1110. The van der Waals surface area contributed by atoms with Crippen LogP contribution in [0.3, 0.4) is 0 Å². The molecule has 0 saturated carbocycles. The highest BCUT2D eigenvalue weighted by atomic mass is 16.1. The minimum Gasteiger partial charge on any atom is -0.322 e. The number of rotatable bonds is 4. The molecule has 1 heterocycles. The lowest BCUT2D eigenvalue weighted by molar-refractivity contribution is 0.607. The molecule has 0 aliphatic heterocycles. The average Bonchev–Trinajstić information content (AvgIpc) is 2.67. The van der Waals surface area contributed by atoms with Crippen LogP contribution in [0.4, 0.5) is 0 Å². The predicted octanol–water partition coefficient (Wildman–Crippen LogP) is 3.99. The third kappa shape index (κ3) is 3.23. The van der Waals surface area contributed by atoms with Crippen molar-refractivity contribution in [2.24, 2.45) is 0 Å². The number of nitriles is 2. The molecule has 4 heteroatoms. The van der Waals surface area contributed by atoms with Gasteiger partial charge >= 0.3 is 0 Å². The van der Waals surface area contributed by atoms with Gasteiger partial charge in [0.2, 0.25) is 0 Å². The number of H-pyrrole nitrogens is 1. The average molecular weight is 341 g/mol. The lowest BCUT2D eigenvalue weighted by atomic mass is 9.78. The van der Waals surface area contributed by atoms with E-state index in [-0.39, 0.29) is 5.56 Å². The van der Waals surface area contributed by atoms with E-state index in [4.69, 9.17) is 5.26 Å². The number of hydrogen-bond acceptors (Lipinski definition) is 3. The summed E-state index contributed by atoms with van der Waals surface area (Å²) in [6.45, 7) is 3.83. The van der Waals surface area contributed by atoms with Gasteiger partial charge in [0, 0.05) is 11.1 Å². The van der Waals surface area contributed by atoms with Gasteiger partial charge in [0.25, 0.3) is 5.56 Å². The molecule has 3 aromatic rings. The molecular weight excluding hydrogens is 322 g/mol. The third-order valence-electron chi connectivity index (χ3n) is 4.80. The van der Waals surface area contributed by atoms with Crippen molar-refractivity contribution >= 4 is 10.9 Å². The maximum absolute atomic E-state index is 12.1. The van der Waals surface area contributed by atoms with Crippen molar-refractivity contribution in [2.45, 2.75) is 32.1 Å². The molecule has 4 nitrogen and oxygen atoms in total. The van der Waals surface area contributed by atoms with E-state index < -0.39 is 5.41 Å². The van der Waals surface area contributed by atoms with Crippen LogP contribution in [0.2, 0.25) is 0 Å². The summed E-state index contributed by atoms with van der Waals surface area (Å²) in [7, 11) is 0. The van der Waals surface area contributed by atoms with Crippen molar-refractivity contribution in [3.8, 4) is 12.1 Å². The zero-order valence-corrected chi connectivity index (χ0v) is 14.8. The number of fused-ring (bicyclic) bond motifs is 1. The van der Waals surface area contributed by atoms with Gasteiger partial charge in [-0.05, 0) is 60.5 Å². The van der Waals surface area contributed by atoms with E-state index in [1.54, 1.807) is 6.07 Å². The number of aryl methyl sites for hydroxylation is 1. The predicted molar refractivity (Wildman–Crippen MR) is 102 cm³/mol. The standard InChI is InChI=1S/C22H19N3O/c1-3-17-10-18-7-8-19(11-20(18)25-21(17)26)22(2,14-24)12-15-5-4-6-16(9-15)13-23/h4-11H,3,12H2,1-2H3,(H,25,26)/t22-/m0/s1. The number of aromatic amines is 1. The van der Waals surface area contributed by atoms with E-state index in [1.165, 1.54) is 0 Å². The summed E-state index contributed by atoms with van der Waals surface area (Å²) in [4.78, 5) is 15.0. The lowest BCUT2D eigenvalue weighted by Crippen LogP contribution is -2.23. The van der Waals surface area contributed by atoms with Crippen molar-refractivity contribution in [3.05, 3.63) is 81.1 Å². The summed E-state index contributed by atoms with van der Waals surface area (Å²) >= 11 is 0. The molecule has 0 radical (unpaired) electrons. The molecule has 0 aliphatic rings. The zero-order valence-electron chi connectivity index (χ0n) is 14.8. The minimum absolute atomic E-state index is 0.0856. The number of hydrogen-bond donors (Lipinski definition) is 1. The topological polar surface area (TPSA) is 80.4 Å². The highest BCUT2D eigenvalue weighted by Crippen LogP contribution is 2.30. The first kappa shape index (κ1) is 17.5.